The van der Waals surface area contributed by atoms with E-state index in [-0.39, 0.29) is 11.6 Å². The maximum absolute atomic E-state index is 14.4. The van der Waals surface area contributed by atoms with Crippen LogP contribution in [0.25, 0.3) is 16.7 Å². The molecule has 0 aliphatic heterocycles. The van der Waals surface area contributed by atoms with E-state index in [4.69, 9.17) is 16.4 Å². The van der Waals surface area contributed by atoms with Gasteiger partial charge < -0.3 is 21.8 Å². The molecule has 0 fully saturated rings. The van der Waals surface area contributed by atoms with Gasteiger partial charge in [-0.05, 0) is 60.8 Å². The van der Waals surface area contributed by atoms with Gasteiger partial charge in [-0.2, -0.15) is 5.26 Å². The number of carbonyl (C=O) groups is 1. The Labute approximate surface area is 196 Å². The lowest BCUT2D eigenvalue weighted by atomic mass is 9.95. The first kappa shape index (κ1) is 24.1. The van der Waals surface area contributed by atoms with Gasteiger partial charge in [0.1, 0.15) is 11.9 Å². The first-order valence-corrected chi connectivity index (χ1v) is 11.4. The molecule has 1 amide bonds. The molecule has 1 atom stereocenters. The molecule has 5 N–H and O–H groups in total. The second-order valence-corrected chi connectivity index (χ2v) is 8.81. The maximum Gasteiger partial charge on any atom is 0.207 e. The predicted molar refractivity (Wildman–Crippen MR) is 131 cm³/mol. The number of rotatable bonds is 10. The maximum atomic E-state index is 14.4. The largest absolute Gasteiger partial charge is 0.393 e. The molecule has 1 aromatic carbocycles. The molecule has 6 nitrogen and oxygen atoms in total. The molecule has 8 heteroatoms. The number of nitriles is 1. The fourth-order valence-corrected chi connectivity index (χ4v) is 4.88. The van der Waals surface area contributed by atoms with Crippen LogP contribution in [0.3, 0.4) is 0 Å². The summed E-state index contributed by atoms with van der Waals surface area (Å²) >= 11 is 1.59. The lowest BCUT2D eigenvalue weighted by molar-refractivity contribution is -0.109. The Morgan fingerprint density at radius 3 is 2.85 bits per heavy atom. The second-order valence-electron chi connectivity index (χ2n) is 7.68. The van der Waals surface area contributed by atoms with Crippen molar-refractivity contribution in [2.45, 2.75) is 25.3 Å². The number of amides is 1. The molecule has 1 unspecified atom stereocenters. The smallest absolute Gasteiger partial charge is 0.207 e. The van der Waals surface area contributed by atoms with Gasteiger partial charge in [0, 0.05) is 46.7 Å². The van der Waals surface area contributed by atoms with Crippen molar-refractivity contribution in [1.82, 2.24) is 10.6 Å². The first-order chi connectivity index (χ1) is 16.0. The fraction of sp³-hybridized carbons (Fsp3) is 0.240. The molecule has 0 saturated carbocycles. The number of allylic oxidation sites excluding steroid dienone is 5. The van der Waals surface area contributed by atoms with Gasteiger partial charge in [0.25, 0.3) is 0 Å². The van der Waals surface area contributed by atoms with E-state index in [1.165, 1.54) is 12.1 Å². The number of benzene rings is 1. The summed E-state index contributed by atoms with van der Waals surface area (Å²) in [7, 11) is 1.78. The highest BCUT2D eigenvalue weighted by molar-refractivity contribution is 7.13. The summed E-state index contributed by atoms with van der Waals surface area (Å²) in [6.45, 7) is 0.590. The Kier molecular flexibility index (Phi) is 8.30. The lowest BCUT2D eigenvalue weighted by Gasteiger charge is -2.12. The molecule has 170 valence electrons. The van der Waals surface area contributed by atoms with E-state index in [0.717, 1.165) is 39.3 Å². The molecular formula is C25H26FN5OS. The molecule has 0 bridgehead atoms. The van der Waals surface area contributed by atoms with E-state index >= 15 is 0 Å². The highest BCUT2D eigenvalue weighted by Crippen LogP contribution is 2.39. The van der Waals surface area contributed by atoms with Gasteiger partial charge in [-0.3, -0.25) is 4.79 Å². The molecule has 1 heterocycles. The molecule has 1 aliphatic rings. The van der Waals surface area contributed by atoms with E-state index in [0.29, 0.717) is 30.7 Å². The van der Waals surface area contributed by atoms with Crippen molar-refractivity contribution in [3.05, 3.63) is 75.4 Å². The van der Waals surface area contributed by atoms with Crippen LogP contribution in [-0.2, 0) is 11.2 Å². The van der Waals surface area contributed by atoms with Crippen molar-refractivity contribution in [3.63, 3.8) is 0 Å². The Hall–Kier alpha value is -3.54. The number of nitrogens with two attached hydrogens (primary N) is 1. The first-order valence-electron chi connectivity index (χ1n) is 10.6. The Bertz CT molecular complexity index is 1170. The van der Waals surface area contributed by atoms with Crippen molar-refractivity contribution in [2.24, 2.45) is 5.73 Å². The summed E-state index contributed by atoms with van der Waals surface area (Å²) in [5, 5.41) is 22.8. The van der Waals surface area contributed by atoms with Gasteiger partial charge in [0.2, 0.25) is 6.41 Å². The highest BCUT2D eigenvalue weighted by atomic mass is 32.1. The van der Waals surface area contributed by atoms with Crippen LogP contribution in [0.2, 0.25) is 0 Å². The van der Waals surface area contributed by atoms with Crippen molar-refractivity contribution in [2.75, 3.05) is 13.6 Å². The number of nitrogens with zero attached hydrogens (tertiary/aromatic N) is 1. The average molecular weight is 464 g/mol. The number of carbonyl (C=O) groups excluding carboxylic acids is 1. The summed E-state index contributed by atoms with van der Waals surface area (Å²) < 4.78 is 14.4. The number of nitrogens with one attached hydrogen (secondary N) is 3. The van der Waals surface area contributed by atoms with Crippen molar-refractivity contribution in [3.8, 4) is 17.2 Å². The van der Waals surface area contributed by atoms with Gasteiger partial charge in [-0.25, -0.2) is 4.39 Å². The van der Waals surface area contributed by atoms with Crippen LogP contribution in [0.4, 0.5) is 4.39 Å². The van der Waals surface area contributed by atoms with Crippen LogP contribution < -0.4 is 16.4 Å². The minimum atomic E-state index is -0.557. The summed E-state index contributed by atoms with van der Waals surface area (Å²) in [6.07, 6.45) is 10.2. The van der Waals surface area contributed by atoms with E-state index in [2.05, 4.69) is 10.6 Å². The van der Waals surface area contributed by atoms with Gasteiger partial charge in [0.15, 0.2) is 0 Å². The molecule has 0 spiro atoms. The van der Waals surface area contributed by atoms with Crippen LogP contribution >= 0.6 is 11.3 Å². The van der Waals surface area contributed by atoms with Gasteiger partial charge in [0.05, 0.1) is 11.3 Å². The monoisotopic (exact) mass is 463 g/mol. The average Bonchev–Trinajstić information content (AvgIpc) is 3.22. The minimum absolute atomic E-state index is 0.00572. The number of hydrogen-bond acceptors (Lipinski definition) is 6. The molecule has 0 radical (unpaired) electrons. The third kappa shape index (κ3) is 6.04. The fourth-order valence-electron chi connectivity index (χ4n) is 3.61. The Morgan fingerprint density at radius 2 is 2.15 bits per heavy atom. The molecule has 1 aromatic heterocycles. The Balaban J connectivity index is 1.98. The lowest BCUT2D eigenvalue weighted by Crippen LogP contribution is -2.24. The highest BCUT2D eigenvalue weighted by Gasteiger charge is 2.19. The number of halogens is 1. The Morgan fingerprint density at radius 1 is 1.33 bits per heavy atom. The van der Waals surface area contributed by atoms with Gasteiger partial charge >= 0.3 is 0 Å². The zero-order valence-corrected chi connectivity index (χ0v) is 19.1. The molecule has 1 aliphatic carbocycles. The predicted octanol–water partition coefficient (Wildman–Crippen LogP) is 3.90. The van der Waals surface area contributed by atoms with Crippen molar-refractivity contribution in [1.29, 1.82) is 10.7 Å². The van der Waals surface area contributed by atoms with Gasteiger partial charge in [-0.1, -0.05) is 12.1 Å². The summed E-state index contributed by atoms with van der Waals surface area (Å²) in [5.74, 6) is -0.557. The molecule has 0 saturated heterocycles. The molecule has 33 heavy (non-hydrogen) atoms. The van der Waals surface area contributed by atoms with E-state index in [9.17, 15) is 9.18 Å². The molecule has 3 rings (SSSR count). The van der Waals surface area contributed by atoms with Gasteiger partial charge in [-0.15, -0.1) is 11.3 Å². The normalized spacial score (nSPS) is 15.2. The third-order valence-electron chi connectivity index (χ3n) is 5.24. The van der Waals surface area contributed by atoms with E-state index in [1.807, 2.05) is 24.3 Å². The summed E-state index contributed by atoms with van der Waals surface area (Å²) in [4.78, 5) is 12.4. The summed E-state index contributed by atoms with van der Waals surface area (Å²) in [6, 6.07) is 8.45. The zero-order valence-electron chi connectivity index (χ0n) is 18.3. The van der Waals surface area contributed by atoms with Crippen LogP contribution in [0.1, 0.15) is 28.2 Å². The van der Waals surface area contributed by atoms with Crippen LogP contribution in [0, 0.1) is 22.6 Å². The third-order valence-corrected chi connectivity index (χ3v) is 6.45. The SMILES string of the molecule is CN/C=C1/C=C(c2sc(CC(N)CCCNC=O)cc2-c2ccc(C#N)c(F)c2)C=CC1=N. The summed E-state index contributed by atoms with van der Waals surface area (Å²) in [5.41, 5.74) is 9.96. The van der Waals surface area contributed by atoms with Crippen LogP contribution in [0.15, 0.2) is 54.3 Å². The van der Waals surface area contributed by atoms with E-state index in [1.54, 1.807) is 36.7 Å². The van der Waals surface area contributed by atoms with Crippen LogP contribution in [-0.4, -0.2) is 31.8 Å². The van der Waals surface area contributed by atoms with E-state index < -0.39 is 5.82 Å². The molecule has 2 aromatic rings. The number of thiophene rings is 1. The minimum Gasteiger partial charge on any atom is -0.393 e. The van der Waals surface area contributed by atoms with Crippen molar-refractivity contribution < 1.29 is 9.18 Å². The topological polar surface area (TPSA) is 115 Å². The number of hydrogen-bond donors (Lipinski definition) is 4. The standard InChI is InChI=1S/C25H26FN5OS/c1-30-14-19-9-17(6-7-24(19)29)25-22(16-4-5-18(13-27)23(26)10-16)12-21(33-25)11-20(28)3-2-8-31-15-32/h4-7,9-10,12,14-15,20,29-30H,2-3,8,11,28H2,1H3,(H,31,32)/b19-14-,29-24?. The zero-order chi connectivity index (χ0) is 23.8. The van der Waals surface area contributed by atoms with Crippen LogP contribution in [0.5, 0.6) is 0 Å². The quantitative estimate of drug-likeness (QED) is 0.316. The van der Waals surface area contributed by atoms with Crippen molar-refractivity contribution >= 4 is 29.0 Å². The second kappa shape index (κ2) is 11.4. The molecular weight excluding hydrogens is 437 g/mol.